The van der Waals surface area contributed by atoms with Crippen LogP contribution in [0.2, 0.25) is 0 Å². The number of aromatic hydroxyl groups is 1. The zero-order valence-corrected chi connectivity index (χ0v) is 23.0. The summed E-state index contributed by atoms with van der Waals surface area (Å²) in [6.07, 6.45) is 2.21. The van der Waals surface area contributed by atoms with E-state index in [0.717, 1.165) is 6.42 Å². The third-order valence-corrected chi connectivity index (χ3v) is 5.57. The van der Waals surface area contributed by atoms with E-state index in [1.807, 2.05) is 6.92 Å². The van der Waals surface area contributed by atoms with Crippen LogP contribution < -0.4 is 16.0 Å². The van der Waals surface area contributed by atoms with Crippen molar-refractivity contribution in [3.8, 4) is 5.75 Å². The number of unbranched alkanes of at least 4 members (excludes halogenated alkanes) is 2. The van der Waals surface area contributed by atoms with Gasteiger partial charge < -0.3 is 35.6 Å². The number of carbonyl (C=O) groups is 4. The number of phenols is 1. The standard InChI is InChI=1S/C27H43N3O8/c1-6-7-10-20(23(33)29-22(25(35)37-5)17-18-12-14-19(32)15-13-18)28-24(34)21(11-8-9-16-31)30-26(36)38-27(2,3)4/h12-15,20-22,31-32H,6-11,16-17H2,1-5H3,(H,28,34)(H,29,33)(H,30,36)/t20-,21-,22-/m0/s1. The van der Waals surface area contributed by atoms with Crippen LogP contribution in [0.4, 0.5) is 4.79 Å². The van der Waals surface area contributed by atoms with Crippen molar-refractivity contribution in [3.05, 3.63) is 29.8 Å². The van der Waals surface area contributed by atoms with E-state index in [1.165, 1.54) is 19.2 Å². The second-order valence-corrected chi connectivity index (χ2v) is 10.1. The molecule has 1 aromatic carbocycles. The summed E-state index contributed by atoms with van der Waals surface area (Å²) < 4.78 is 10.1. The van der Waals surface area contributed by atoms with Gasteiger partial charge in [-0.1, -0.05) is 31.9 Å². The first kappa shape index (κ1) is 32.7. The number of hydrogen-bond acceptors (Lipinski definition) is 8. The van der Waals surface area contributed by atoms with Crippen molar-refractivity contribution < 1.29 is 38.9 Å². The molecule has 0 saturated heterocycles. The number of nitrogens with one attached hydrogen (secondary N) is 3. The van der Waals surface area contributed by atoms with Gasteiger partial charge in [0.25, 0.3) is 0 Å². The molecule has 0 radical (unpaired) electrons. The first-order valence-corrected chi connectivity index (χ1v) is 13.0. The monoisotopic (exact) mass is 537 g/mol. The second kappa shape index (κ2) is 16.5. The molecule has 11 heteroatoms. The maximum Gasteiger partial charge on any atom is 0.408 e. The van der Waals surface area contributed by atoms with E-state index in [0.29, 0.717) is 31.2 Å². The summed E-state index contributed by atoms with van der Waals surface area (Å²) in [5.74, 6) is -1.71. The third kappa shape index (κ3) is 12.8. The fourth-order valence-electron chi connectivity index (χ4n) is 3.60. The van der Waals surface area contributed by atoms with Crippen molar-refractivity contribution >= 4 is 23.9 Å². The molecule has 38 heavy (non-hydrogen) atoms. The molecule has 1 rings (SSSR count). The third-order valence-electron chi connectivity index (χ3n) is 5.57. The van der Waals surface area contributed by atoms with E-state index >= 15 is 0 Å². The molecule has 0 saturated carbocycles. The van der Waals surface area contributed by atoms with Crippen molar-refractivity contribution in [2.75, 3.05) is 13.7 Å². The normalized spacial score (nSPS) is 13.5. The fourth-order valence-corrected chi connectivity index (χ4v) is 3.60. The molecule has 0 aliphatic rings. The number of methoxy groups -OCH3 is 1. The van der Waals surface area contributed by atoms with Crippen LogP contribution in [-0.2, 0) is 30.3 Å². The van der Waals surface area contributed by atoms with Crippen LogP contribution >= 0.6 is 0 Å². The number of esters is 1. The smallest absolute Gasteiger partial charge is 0.408 e. The van der Waals surface area contributed by atoms with E-state index in [4.69, 9.17) is 14.6 Å². The number of carbonyl (C=O) groups excluding carboxylic acids is 4. The number of amides is 3. The Bertz CT molecular complexity index is 899. The number of aliphatic hydroxyl groups excluding tert-OH is 1. The average Bonchev–Trinajstić information content (AvgIpc) is 2.85. The molecule has 5 N–H and O–H groups in total. The largest absolute Gasteiger partial charge is 0.508 e. The van der Waals surface area contributed by atoms with Crippen LogP contribution in [0.15, 0.2) is 24.3 Å². The van der Waals surface area contributed by atoms with Crippen molar-refractivity contribution in [1.82, 2.24) is 16.0 Å². The molecule has 0 aromatic heterocycles. The second-order valence-electron chi connectivity index (χ2n) is 10.1. The lowest BCUT2D eigenvalue weighted by Crippen LogP contribution is -2.56. The molecular weight excluding hydrogens is 494 g/mol. The maximum atomic E-state index is 13.2. The number of aliphatic hydroxyl groups is 1. The van der Waals surface area contributed by atoms with E-state index in [9.17, 15) is 24.3 Å². The van der Waals surface area contributed by atoms with Crippen LogP contribution in [0.25, 0.3) is 0 Å². The summed E-state index contributed by atoms with van der Waals surface area (Å²) >= 11 is 0. The lowest BCUT2D eigenvalue weighted by molar-refractivity contribution is -0.145. The molecule has 3 amide bonds. The molecule has 0 unspecified atom stereocenters. The van der Waals surface area contributed by atoms with E-state index in [2.05, 4.69) is 16.0 Å². The molecule has 1 aromatic rings. The Hall–Kier alpha value is -3.34. The van der Waals surface area contributed by atoms with Crippen molar-refractivity contribution in [1.29, 1.82) is 0 Å². The predicted molar refractivity (Wildman–Crippen MR) is 141 cm³/mol. The van der Waals surface area contributed by atoms with Crippen LogP contribution in [0.1, 0.15) is 71.8 Å². The van der Waals surface area contributed by atoms with Crippen LogP contribution in [0.5, 0.6) is 5.75 Å². The average molecular weight is 538 g/mol. The Balaban J connectivity index is 3.02. The SMILES string of the molecule is CCCC[C@H](NC(=O)[C@H](CCCCO)NC(=O)OC(C)(C)C)C(=O)N[C@@H](Cc1ccc(O)cc1)C(=O)OC. The molecule has 11 nitrogen and oxygen atoms in total. The van der Waals surface area contributed by atoms with Gasteiger partial charge in [-0.05, 0) is 64.2 Å². The topological polar surface area (TPSA) is 163 Å². The maximum absolute atomic E-state index is 13.2. The van der Waals surface area contributed by atoms with Crippen LogP contribution in [0.3, 0.4) is 0 Å². The number of alkyl carbamates (subject to hydrolysis) is 1. The highest BCUT2D eigenvalue weighted by atomic mass is 16.6. The van der Waals surface area contributed by atoms with Crippen molar-refractivity contribution in [3.63, 3.8) is 0 Å². The molecule has 0 heterocycles. The van der Waals surface area contributed by atoms with Gasteiger partial charge in [0.05, 0.1) is 7.11 Å². The quantitative estimate of drug-likeness (QED) is 0.168. The Labute approximate surface area is 224 Å². The minimum Gasteiger partial charge on any atom is -0.508 e. The van der Waals surface area contributed by atoms with Crippen LogP contribution in [0, 0.1) is 0 Å². The van der Waals surface area contributed by atoms with E-state index < -0.39 is 47.6 Å². The first-order chi connectivity index (χ1) is 17.9. The molecule has 0 fully saturated rings. The number of ether oxygens (including phenoxy) is 2. The summed E-state index contributed by atoms with van der Waals surface area (Å²) in [6, 6.07) is 3.25. The Kier molecular flexibility index (Phi) is 14.2. The molecule has 0 spiro atoms. The summed E-state index contributed by atoms with van der Waals surface area (Å²) in [5, 5.41) is 26.6. The van der Waals surface area contributed by atoms with Gasteiger partial charge >= 0.3 is 12.1 Å². The molecule has 0 bridgehead atoms. The first-order valence-electron chi connectivity index (χ1n) is 13.0. The number of phenolic OH excluding ortho intramolecular Hbond substituents is 1. The van der Waals surface area contributed by atoms with Gasteiger partial charge in [-0.15, -0.1) is 0 Å². The lowest BCUT2D eigenvalue weighted by Gasteiger charge is -2.26. The summed E-state index contributed by atoms with van der Waals surface area (Å²) in [5.41, 5.74) is -0.0710. The summed E-state index contributed by atoms with van der Waals surface area (Å²) in [6.45, 7) is 7.00. The van der Waals surface area contributed by atoms with Crippen LogP contribution in [-0.4, -0.2) is 71.5 Å². The van der Waals surface area contributed by atoms with Gasteiger partial charge in [0.2, 0.25) is 11.8 Å². The highest BCUT2D eigenvalue weighted by molar-refractivity contribution is 5.93. The van der Waals surface area contributed by atoms with Gasteiger partial charge in [-0.25, -0.2) is 9.59 Å². The minimum absolute atomic E-state index is 0.0573. The molecule has 3 atom stereocenters. The van der Waals surface area contributed by atoms with E-state index in [-0.39, 0.29) is 25.2 Å². The van der Waals surface area contributed by atoms with Gasteiger partial charge in [0.15, 0.2) is 0 Å². The lowest BCUT2D eigenvalue weighted by atomic mass is 10.0. The Morgan fingerprint density at radius 3 is 1.95 bits per heavy atom. The summed E-state index contributed by atoms with van der Waals surface area (Å²) in [4.78, 5) is 51.2. The minimum atomic E-state index is -1.02. The van der Waals surface area contributed by atoms with Gasteiger partial charge in [0, 0.05) is 13.0 Å². The van der Waals surface area contributed by atoms with E-state index in [1.54, 1.807) is 32.9 Å². The van der Waals surface area contributed by atoms with Gasteiger partial charge in [-0.2, -0.15) is 0 Å². The molecule has 214 valence electrons. The zero-order valence-electron chi connectivity index (χ0n) is 23.0. The van der Waals surface area contributed by atoms with Gasteiger partial charge in [-0.3, -0.25) is 9.59 Å². The number of benzene rings is 1. The zero-order chi connectivity index (χ0) is 28.7. The molecular formula is C27H43N3O8. The highest BCUT2D eigenvalue weighted by Crippen LogP contribution is 2.13. The Morgan fingerprint density at radius 2 is 1.42 bits per heavy atom. The fraction of sp³-hybridized carbons (Fsp3) is 0.630. The van der Waals surface area contributed by atoms with Crippen molar-refractivity contribution in [2.24, 2.45) is 0 Å². The summed E-state index contributed by atoms with van der Waals surface area (Å²) in [7, 11) is 1.22. The number of hydrogen-bond donors (Lipinski definition) is 5. The molecule has 0 aliphatic carbocycles. The highest BCUT2D eigenvalue weighted by Gasteiger charge is 2.30. The van der Waals surface area contributed by atoms with Gasteiger partial charge in [0.1, 0.15) is 29.5 Å². The predicted octanol–water partition coefficient (Wildman–Crippen LogP) is 2.32. The van der Waals surface area contributed by atoms with Crippen molar-refractivity contribution in [2.45, 2.75) is 96.4 Å². The Morgan fingerprint density at radius 1 is 0.868 bits per heavy atom. The number of rotatable bonds is 15. The molecule has 0 aliphatic heterocycles.